The van der Waals surface area contributed by atoms with Crippen molar-refractivity contribution in [3.63, 3.8) is 0 Å². The number of anilines is 1. The van der Waals surface area contributed by atoms with E-state index in [1.807, 2.05) is 0 Å². The Morgan fingerprint density at radius 3 is 2.68 bits per heavy atom. The van der Waals surface area contributed by atoms with Crippen LogP contribution in [-0.2, 0) is 4.79 Å². The Labute approximate surface area is 151 Å². The molecule has 0 bridgehead atoms. The fourth-order valence-corrected chi connectivity index (χ4v) is 4.15. The maximum atomic E-state index is 13.4. The van der Waals surface area contributed by atoms with Crippen molar-refractivity contribution >= 4 is 34.0 Å². The van der Waals surface area contributed by atoms with Gasteiger partial charge in [-0.15, -0.1) is 0 Å². The molecule has 3 atom stereocenters. The highest BCUT2D eigenvalue weighted by atomic mass is 35.5. The summed E-state index contributed by atoms with van der Waals surface area (Å²) >= 11 is 6.75. The van der Waals surface area contributed by atoms with Crippen LogP contribution in [0.1, 0.15) is 25.5 Å². The number of carbonyl (C=O) groups excluding carboxylic acids is 1. The van der Waals surface area contributed by atoms with Gasteiger partial charge in [0.25, 0.3) is 0 Å². The second-order valence-electron chi connectivity index (χ2n) is 6.52. The zero-order chi connectivity index (χ0) is 18.4. The van der Waals surface area contributed by atoms with Crippen molar-refractivity contribution in [1.82, 2.24) is 9.88 Å². The van der Waals surface area contributed by atoms with Gasteiger partial charge in [0, 0.05) is 19.0 Å². The lowest BCUT2D eigenvalue weighted by Crippen LogP contribution is -2.37. The smallest absolute Gasteiger partial charge is 0.356 e. The van der Waals surface area contributed by atoms with Gasteiger partial charge in [-0.25, -0.2) is 4.98 Å². The van der Waals surface area contributed by atoms with E-state index in [4.69, 9.17) is 16.9 Å². The molecule has 136 valence electrons. The maximum Gasteiger partial charge on any atom is 0.395 e. The molecule has 1 aliphatic carbocycles. The topological polar surface area (TPSA) is 69.0 Å². The number of amides is 1. The van der Waals surface area contributed by atoms with E-state index in [1.54, 1.807) is 13.0 Å². The van der Waals surface area contributed by atoms with Crippen LogP contribution in [0.5, 0.6) is 0 Å². The van der Waals surface area contributed by atoms with Crippen LogP contribution in [0.3, 0.4) is 0 Å². The van der Waals surface area contributed by atoms with Crippen LogP contribution < -0.4 is 5.32 Å². The quantitative estimate of drug-likeness (QED) is 0.851. The molecule has 1 aromatic rings. The maximum absolute atomic E-state index is 13.4. The molecule has 0 radical (unpaired) electrons. The van der Waals surface area contributed by atoms with Gasteiger partial charge < -0.3 is 10.2 Å². The zero-order valence-electron chi connectivity index (χ0n) is 13.3. The van der Waals surface area contributed by atoms with Crippen molar-refractivity contribution in [1.29, 1.82) is 5.26 Å². The van der Waals surface area contributed by atoms with Crippen molar-refractivity contribution in [2.24, 2.45) is 17.8 Å². The minimum Gasteiger partial charge on any atom is -0.356 e. The summed E-state index contributed by atoms with van der Waals surface area (Å²) in [6.45, 7) is 1.38. The Bertz CT molecular complexity index is 713. The highest BCUT2D eigenvalue weighted by Gasteiger charge is 2.52. The number of likely N-dealkylation sites (tertiary alicyclic amines) is 1. The fraction of sp³-hybridized carbons (Fsp3) is 0.667. The lowest BCUT2D eigenvalue weighted by molar-refractivity contribution is -0.172. The number of nitrogens with one attached hydrogen (secondary N) is 1. The number of nitrogens with zero attached hydrogens (tertiary/aromatic N) is 3. The first kappa shape index (κ1) is 18.3. The predicted octanol–water partition coefficient (Wildman–Crippen LogP) is 3.52. The molecule has 0 aromatic carbocycles. The molecule has 1 saturated heterocycles. The van der Waals surface area contributed by atoms with E-state index in [1.165, 1.54) is 4.90 Å². The number of hydrogen-bond acceptors (Lipinski definition) is 5. The molecule has 1 N–H and O–H groups in total. The molecule has 2 aliphatic rings. The molecule has 3 rings (SSSR count). The Kier molecular flexibility index (Phi) is 4.86. The van der Waals surface area contributed by atoms with E-state index in [0.29, 0.717) is 5.92 Å². The molecule has 10 heteroatoms. The van der Waals surface area contributed by atoms with Gasteiger partial charge in [-0.2, -0.15) is 18.4 Å². The Balaban J connectivity index is 1.75. The van der Waals surface area contributed by atoms with Gasteiger partial charge in [0.2, 0.25) is 5.91 Å². The molecule has 1 amide bonds. The Morgan fingerprint density at radius 1 is 1.48 bits per heavy atom. The summed E-state index contributed by atoms with van der Waals surface area (Å²) in [5.41, 5.74) is -0.0222. The van der Waals surface area contributed by atoms with E-state index in [-0.39, 0.29) is 40.1 Å². The van der Waals surface area contributed by atoms with Gasteiger partial charge in [0.05, 0.1) is 12.0 Å². The average molecular weight is 393 g/mol. The van der Waals surface area contributed by atoms with Crippen LogP contribution in [0.2, 0.25) is 4.34 Å². The molecule has 1 aromatic heterocycles. The summed E-state index contributed by atoms with van der Waals surface area (Å²) < 4.78 is 40.3. The number of rotatable bonds is 4. The number of nitriles is 1. The molecule has 2 heterocycles. The van der Waals surface area contributed by atoms with Crippen molar-refractivity contribution in [3.8, 4) is 6.07 Å². The van der Waals surface area contributed by atoms with Gasteiger partial charge in [0.15, 0.2) is 10.8 Å². The van der Waals surface area contributed by atoms with Crippen molar-refractivity contribution in [2.75, 3.05) is 18.4 Å². The molecule has 1 unspecified atom stereocenters. The third-order valence-electron chi connectivity index (χ3n) is 4.77. The van der Waals surface area contributed by atoms with Gasteiger partial charge in [0.1, 0.15) is 10.4 Å². The minimum atomic E-state index is -4.44. The summed E-state index contributed by atoms with van der Waals surface area (Å²) in [4.78, 5) is 17.6. The van der Waals surface area contributed by atoms with Crippen molar-refractivity contribution in [2.45, 2.75) is 32.0 Å². The van der Waals surface area contributed by atoms with Crippen LogP contribution in [-0.4, -0.2) is 41.1 Å². The average Bonchev–Trinajstić information content (AvgIpc) is 3.20. The zero-order valence-corrected chi connectivity index (χ0v) is 14.9. The van der Waals surface area contributed by atoms with Crippen LogP contribution in [0.15, 0.2) is 0 Å². The first-order valence-electron chi connectivity index (χ1n) is 7.89. The van der Waals surface area contributed by atoms with Crippen molar-refractivity contribution in [3.05, 3.63) is 10.0 Å². The lowest BCUT2D eigenvalue weighted by atomic mass is 10.0. The normalized spacial score (nSPS) is 24.9. The molecule has 1 aliphatic heterocycles. The number of halogens is 4. The minimum absolute atomic E-state index is 0.0222. The summed E-state index contributed by atoms with van der Waals surface area (Å²) in [6.07, 6.45) is -2.52. The standard InChI is InChI=1S/C15H16ClF3N4OS/c1-7(8-2-3-8)13(24)23-5-9(15(17,18)19)11(6-23)22-14-21-10(4-20)12(16)25-14/h7-9,11H,2-3,5-6H2,1H3,(H,21,22)/t7?,9-,11-/m1/s1. The molecular formula is C15H16ClF3N4OS. The number of thiazole rings is 1. The lowest BCUT2D eigenvalue weighted by Gasteiger charge is -2.21. The first-order valence-corrected chi connectivity index (χ1v) is 9.08. The van der Waals surface area contributed by atoms with Gasteiger partial charge in [-0.1, -0.05) is 29.9 Å². The number of carbonyl (C=O) groups is 1. The molecule has 25 heavy (non-hydrogen) atoms. The van der Waals surface area contributed by atoms with E-state index in [2.05, 4.69) is 10.3 Å². The summed E-state index contributed by atoms with van der Waals surface area (Å²) in [7, 11) is 0. The highest BCUT2D eigenvalue weighted by Crippen LogP contribution is 2.40. The van der Waals surface area contributed by atoms with E-state index in [9.17, 15) is 18.0 Å². The number of alkyl halides is 3. The van der Waals surface area contributed by atoms with Gasteiger partial charge in [-0.05, 0) is 18.8 Å². The first-order chi connectivity index (χ1) is 11.7. The number of aromatic nitrogens is 1. The highest BCUT2D eigenvalue weighted by molar-refractivity contribution is 7.19. The summed E-state index contributed by atoms with van der Waals surface area (Å²) in [6, 6.07) is 0.774. The monoisotopic (exact) mass is 392 g/mol. The third-order valence-corrected chi connectivity index (χ3v) is 5.96. The van der Waals surface area contributed by atoms with E-state index >= 15 is 0 Å². The van der Waals surface area contributed by atoms with Crippen LogP contribution in [0, 0.1) is 29.1 Å². The third kappa shape index (κ3) is 3.85. The molecule has 2 fully saturated rings. The molecule has 5 nitrogen and oxygen atoms in total. The van der Waals surface area contributed by atoms with Crippen molar-refractivity contribution < 1.29 is 18.0 Å². The SMILES string of the molecule is CC(C(=O)N1C[C@@H](C(F)(F)F)[C@H](Nc2nc(C#N)c(Cl)s2)C1)C1CC1. The molecule has 0 spiro atoms. The largest absolute Gasteiger partial charge is 0.395 e. The van der Waals surface area contributed by atoms with Crippen LogP contribution in [0.4, 0.5) is 18.3 Å². The molecule has 1 saturated carbocycles. The predicted molar refractivity (Wildman–Crippen MR) is 87.3 cm³/mol. The Hall–Kier alpha value is -1.53. The number of hydrogen-bond donors (Lipinski definition) is 1. The Morgan fingerprint density at radius 2 is 2.16 bits per heavy atom. The second-order valence-corrected chi connectivity index (χ2v) is 8.12. The molecular weight excluding hydrogens is 377 g/mol. The van der Waals surface area contributed by atoms with Crippen LogP contribution >= 0.6 is 22.9 Å². The van der Waals surface area contributed by atoms with E-state index < -0.39 is 18.1 Å². The summed E-state index contributed by atoms with van der Waals surface area (Å²) in [5, 5.41) is 11.7. The van der Waals surface area contributed by atoms with Crippen LogP contribution in [0.25, 0.3) is 0 Å². The van der Waals surface area contributed by atoms with E-state index in [0.717, 1.165) is 24.2 Å². The summed E-state index contributed by atoms with van der Waals surface area (Å²) in [5.74, 6) is -1.86. The van der Waals surface area contributed by atoms with Gasteiger partial charge in [-0.3, -0.25) is 4.79 Å². The fourth-order valence-electron chi connectivity index (χ4n) is 3.14. The van der Waals surface area contributed by atoms with Gasteiger partial charge >= 0.3 is 6.18 Å². The second kappa shape index (κ2) is 6.65.